The van der Waals surface area contributed by atoms with Crippen LogP contribution in [0.2, 0.25) is 5.02 Å². The minimum atomic E-state index is -0.409. The van der Waals surface area contributed by atoms with Crippen molar-refractivity contribution in [2.45, 2.75) is 26.4 Å². The highest BCUT2D eigenvalue weighted by Crippen LogP contribution is 2.21. The first-order valence-electron chi connectivity index (χ1n) is 8.21. The Hall–Kier alpha value is -2.59. The standard InChI is InChI=1S/C21H21ClO4/c1-14(26-15(2)23)12-18(13-16-4-8-19(22)9-5-16)21(24)17-6-10-20(25-3)11-7-17/h4-11,13-14H,12H2,1-3H3/b18-13+. The lowest BCUT2D eigenvalue weighted by Crippen LogP contribution is -2.16. The number of Topliss-reactive ketones (excluding diaryl/α,β-unsaturated/α-hetero) is 1. The van der Waals surface area contributed by atoms with Gasteiger partial charge in [0.15, 0.2) is 5.78 Å². The van der Waals surface area contributed by atoms with Gasteiger partial charge in [0.05, 0.1) is 7.11 Å². The first-order chi connectivity index (χ1) is 12.4. The van der Waals surface area contributed by atoms with Crippen molar-refractivity contribution in [3.63, 3.8) is 0 Å². The van der Waals surface area contributed by atoms with Crippen molar-refractivity contribution >= 4 is 29.4 Å². The maximum atomic E-state index is 13.0. The van der Waals surface area contributed by atoms with Crippen LogP contribution in [0, 0.1) is 0 Å². The van der Waals surface area contributed by atoms with Crippen LogP contribution in [0.4, 0.5) is 0 Å². The van der Waals surface area contributed by atoms with Gasteiger partial charge in [0.2, 0.25) is 0 Å². The number of ketones is 1. The molecular formula is C21H21ClO4. The van der Waals surface area contributed by atoms with Crippen molar-refractivity contribution in [2.24, 2.45) is 0 Å². The Balaban J connectivity index is 2.32. The van der Waals surface area contributed by atoms with Gasteiger partial charge in [-0.05, 0) is 55.0 Å². The maximum Gasteiger partial charge on any atom is 0.302 e. The van der Waals surface area contributed by atoms with E-state index in [0.717, 1.165) is 5.56 Å². The van der Waals surface area contributed by atoms with Crippen LogP contribution in [0.3, 0.4) is 0 Å². The molecule has 0 fully saturated rings. The number of rotatable bonds is 7. The van der Waals surface area contributed by atoms with E-state index in [9.17, 15) is 9.59 Å². The summed E-state index contributed by atoms with van der Waals surface area (Å²) >= 11 is 5.92. The third-order valence-corrected chi connectivity index (χ3v) is 3.98. The van der Waals surface area contributed by atoms with E-state index in [1.165, 1.54) is 6.92 Å². The summed E-state index contributed by atoms with van der Waals surface area (Å²) in [4.78, 5) is 24.1. The zero-order chi connectivity index (χ0) is 19.1. The lowest BCUT2D eigenvalue weighted by atomic mass is 9.96. The van der Waals surface area contributed by atoms with Gasteiger partial charge in [-0.15, -0.1) is 0 Å². The summed E-state index contributed by atoms with van der Waals surface area (Å²) in [6, 6.07) is 14.1. The number of esters is 1. The topological polar surface area (TPSA) is 52.6 Å². The molecule has 0 N–H and O–H groups in total. The molecule has 2 aromatic rings. The van der Waals surface area contributed by atoms with Gasteiger partial charge in [-0.1, -0.05) is 23.7 Å². The fraction of sp³-hybridized carbons (Fsp3) is 0.238. The number of benzene rings is 2. The zero-order valence-electron chi connectivity index (χ0n) is 15.0. The minimum Gasteiger partial charge on any atom is -0.497 e. The van der Waals surface area contributed by atoms with Crippen molar-refractivity contribution < 1.29 is 19.1 Å². The number of hydrogen-bond donors (Lipinski definition) is 0. The highest BCUT2D eigenvalue weighted by molar-refractivity contribution is 6.30. The van der Waals surface area contributed by atoms with E-state index in [1.54, 1.807) is 56.5 Å². The second-order valence-corrected chi connectivity index (χ2v) is 6.34. The molecule has 0 aliphatic carbocycles. The Kier molecular flexibility index (Phi) is 6.98. The SMILES string of the molecule is COc1ccc(C(=O)/C(=C/c2ccc(Cl)cc2)CC(C)OC(C)=O)cc1. The van der Waals surface area contributed by atoms with Crippen LogP contribution in [0.25, 0.3) is 6.08 Å². The molecule has 0 bridgehead atoms. The van der Waals surface area contributed by atoms with Crippen LogP contribution >= 0.6 is 11.6 Å². The molecule has 0 saturated carbocycles. The van der Waals surface area contributed by atoms with Crippen LogP contribution in [-0.2, 0) is 9.53 Å². The quantitative estimate of drug-likeness (QED) is 0.391. The number of carbonyl (C=O) groups excluding carboxylic acids is 2. The lowest BCUT2D eigenvalue weighted by Gasteiger charge is -2.14. The van der Waals surface area contributed by atoms with Gasteiger partial charge in [-0.3, -0.25) is 9.59 Å². The lowest BCUT2D eigenvalue weighted by molar-refractivity contribution is -0.145. The molecule has 0 aromatic heterocycles. The monoisotopic (exact) mass is 372 g/mol. The van der Waals surface area contributed by atoms with Crippen molar-refractivity contribution in [2.75, 3.05) is 7.11 Å². The Morgan fingerprint density at radius 3 is 2.23 bits per heavy atom. The second kappa shape index (κ2) is 9.20. The Morgan fingerprint density at radius 2 is 1.69 bits per heavy atom. The smallest absolute Gasteiger partial charge is 0.302 e. The van der Waals surface area contributed by atoms with Gasteiger partial charge in [0.1, 0.15) is 11.9 Å². The number of methoxy groups -OCH3 is 1. The molecule has 1 unspecified atom stereocenters. The normalized spacial score (nSPS) is 12.4. The fourth-order valence-electron chi connectivity index (χ4n) is 2.54. The molecule has 4 nitrogen and oxygen atoms in total. The minimum absolute atomic E-state index is 0.124. The Labute approximate surface area is 158 Å². The van der Waals surface area contributed by atoms with E-state index in [4.69, 9.17) is 21.1 Å². The van der Waals surface area contributed by atoms with E-state index in [2.05, 4.69) is 0 Å². The predicted molar refractivity (Wildman–Crippen MR) is 103 cm³/mol. The van der Waals surface area contributed by atoms with E-state index < -0.39 is 6.10 Å². The second-order valence-electron chi connectivity index (χ2n) is 5.90. The van der Waals surface area contributed by atoms with E-state index in [1.807, 2.05) is 12.1 Å². The van der Waals surface area contributed by atoms with Gasteiger partial charge < -0.3 is 9.47 Å². The number of hydrogen-bond acceptors (Lipinski definition) is 4. The molecule has 136 valence electrons. The van der Waals surface area contributed by atoms with Gasteiger partial charge in [-0.25, -0.2) is 0 Å². The molecule has 0 aliphatic heterocycles. The van der Waals surface area contributed by atoms with Crippen LogP contribution in [-0.4, -0.2) is 25.0 Å². The number of ether oxygens (including phenoxy) is 2. The van der Waals surface area contributed by atoms with Gasteiger partial charge in [0.25, 0.3) is 0 Å². The average Bonchev–Trinajstić information content (AvgIpc) is 2.62. The Bertz CT molecular complexity index is 792. The molecule has 0 radical (unpaired) electrons. The molecule has 0 saturated heterocycles. The first-order valence-corrected chi connectivity index (χ1v) is 8.59. The van der Waals surface area contributed by atoms with Crippen LogP contribution in [0.1, 0.15) is 36.2 Å². The largest absolute Gasteiger partial charge is 0.497 e. The predicted octanol–water partition coefficient (Wildman–Crippen LogP) is 4.96. The van der Waals surface area contributed by atoms with Crippen molar-refractivity contribution in [1.82, 2.24) is 0 Å². The molecule has 5 heteroatoms. The molecule has 0 aliphatic rings. The maximum absolute atomic E-state index is 13.0. The molecule has 0 amide bonds. The van der Waals surface area contributed by atoms with Crippen molar-refractivity contribution in [3.05, 3.63) is 70.3 Å². The molecule has 0 spiro atoms. The summed E-state index contributed by atoms with van der Waals surface area (Å²) in [5, 5.41) is 0.624. The summed E-state index contributed by atoms with van der Waals surface area (Å²) in [6.45, 7) is 3.11. The zero-order valence-corrected chi connectivity index (χ0v) is 15.7. The van der Waals surface area contributed by atoms with E-state index in [0.29, 0.717) is 28.3 Å². The van der Waals surface area contributed by atoms with E-state index in [-0.39, 0.29) is 11.8 Å². The highest BCUT2D eigenvalue weighted by Gasteiger charge is 2.17. The fourth-order valence-corrected chi connectivity index (χ4v) is 2.67. The van der Waals surface area contributed by atoms with Gasteiger partial charge >= 0.3 is 5.97 Å². The first kappa shape index (κ1) is 19.7. The summed E-state index contributed by atoms with van der Waals surface area (Å²) in [6.07, 6.45) is 1.70. The molecule has 2 rings (SSSR count). The Morgan fingerprint density at radius 1 is 1.08 bits per heavy atom. The third-order valence-electron chi connectivity index (χ3n) is 3.73. The summed E-state index contributed by atoms with van der Waals surface area (Å²) in [7, 11) is 1.57. The average molecular weight is 373 g/mol. The van der Waals surface area contributed by atoms with Crippen LogP contribution in [0.5, 0.6) is 5.75 Å². The molecule has 1 atom stereocenters. The van der Waals surface area contributed by atoms with Crippen molar-refractivity contribution in [3.8, 4) is 5.75 Å². The van der Waals surface area contributed by atoms with Crippen molar-refractivity contribution in [1.29, 1.82) is 0 Å². The summed E-state index contributed by atoms with van der Waals surface area (Å²) in [5.74, 6) is 0.180. The molecule has 0 heterocycles. The number of carbonyl (C=O) groups is 2. The number of halogens is 1. The highest BCUT2D eigenvalue weighted by atomic mass is 35.5. The summed E-state index contributed by atoms with van der Waals surface area (Å²) in [5.41, 5.74) is 1.94. The van der Waals surface area contributed by atoms with Gasteiger partial charge in [0, 0.05) is 29.5 Å². The molecule has 26 heavy (non-hydrogen) atoms. The van der Waals surface area contributed by atoms with E-state index >= 15 is 0 Å². The van der Waals surface area contributed by atoms with Gasteiger partial charge in [-0.2, -0.15) is 0 Å². The third kappa shape index (κ3) is 5.74. The molecular weight excluding hydrogens is 352 g/mol. The van der Waals surface area contributed by atoms with Crippen LogP contribution < -0.4 is 4.74 Å². The summed E-state index contributed by atoms with van der Waals surface area (Å²) < 4.78 is 10.3. The van der Waals surface area contributed by atoms with Crippen LogP contribution in [0.15, 0.2) is 54.1 Å². The molecule has 2 aromatic carbocycles.